The van der Waals surface area contributed by atoms with E-state index < -0.39 is 17.5 Å². The van der Waals surface area contributed by atoms with Gasteiger partial charge in [0.05, 0.1) is 4.58 Å². The zero-order chi connectivity index (χ0) is 15.6. The first-order chi connectivity index (χ1) is 9.28. The van der Waals surface area contributed by atoms with Crippen LogP contribution in [0.25, 0.3) is 0 Å². The predicted octanol–water partition coefficient (Wildman–Crippen LogP) is 3.61. The number of carbonyl (C=O) groups excluding carboxylic acids is 2. The number of carbonyl (C=O) groups is 2. The molecule has 1 atom stereocenters. The van der Waals surface area contributed by atoms with Crippen molar-refractivity contribution in [3.63, 3.8) is 0 Å². The van der Waals surface area contributed by atoms with Crippen LogP contribution in [0.2, 0.25) is 0 Å². The molecule has 0 aromatic carbocycles. The Labute approximate surface area is 130 Å². The van der Waals surface area contributed by atoms with Gasteiger partial charge in [-0.15, -0.1) is 11.8 Å². The molecule has 1 unspecified atom stereocenters. The second-order valence-corrected chi connectivity index (χ2v) is 7.48. The van der Waals surface area contributed by atoms with Crippen molar-refractivity contribution in [1.82, 2.24) is 0 Å². The molecule has 0 aliphatic rings. The highest BCUT2D eigenvalue weighted by Crippen LogP contribution is 2.24. The van der Waals surface area contributed by atoms with E-state index in [2.05, 4.69) is 13.2 Å². The van der Waals surface area contributed by atoms with Gasteiger partial charge in [-0.1, -0.05) is 6.92 Å². The van der Waals surface area contributed by atoms with Gasteiger partial charge in [0.1, 0.15) is 18.6 Å². The molecule has 4 nitrogen and oxygen atoms in total. The van der Waals surface area contributed by atoms with Crippen LogP contribution in [-0.2, 0) is 19.1 Å². The fraction of sp³-hybridized carbons (Fsp3) is 0.714. The molecule has 0 heterocycles. The van der Waals surface area contributed by atoms with E-state index in [1.807, 2.05) is 5.41 Å². The molecule has 0 fully saturated rings. The molecule has 0 spiro atoms. The molecule has 0 aromatic heterocycles. The van der Waals surface area contributed by atoms with Crippen LogP contribution in [-0.4, -0.2) is 35.0 Å². The first-order valence-corrected chi connectivity index (χ1v) is 8.72. The Morgan fingerprint density at radius 3 is 2.40 bits per heavy atom. The van der Waals surface area contributed by atoms with Gasteiger partial charge in [0, 0.05) is 0 Å². The minimum absolute atomic E-state index is 0.180. The fourth-order valence-corrected chi connectivity index (χ4v) is 2.72. The maximum Gasteiger partial charge on any atom is 0.317 e. The SMILES string of the molecule is CCC(SC)S/C=C/COC(=O)CC(=O)OC(C)(C)C. The zero-order valence-electron chi connectivity index (χ0n) is 12.8. The maximum absolute atomic E-state index is 11.4. The van der Waals surface area contributed by atoms with Gasteiger partial charge >= 0.3 is 11.9 Å². The summed E-state index contributed by atoms with van der Waals surface area (Å²) in [5.74, 6) is -1.12. The summed E-state index contributed by atoms with van der Waals surface area (Å²) in [6, 6.07) is 0. The smallest absolute Gasteiger partial charge is 0.317 e. The molecule has 0 amide bonds. The standard InChI is InChI=1S/C14H24O4S2/c1-6-13(19-5)20-9-7-8-17-11(15)10-12(16)18-14(2,3)4/h7,9,13H,6,8,10H2,1-5H3/b9-7+. The van der Waals surface area contributed by atoms with Crippen molar-refractivity contribution in [2.24, 2.45) is 0 Å². The summed E-state index contributed by atoms with van der Waals surface area (Å²) >= 11 is 3.49. The fourth-order valence-electron chi connectivity index (χ4n) is 1.19. The van der Waals surface area contributed by atoms with E-state index in [9.17, 15) is 9.59 Å². The third kappa shape index (κ3) is 11.2. The van der Waals surface area contributed by atoms with Gasteiger partial charge in [0.25, 0.3) is 0 Å². The Hall–Kier alpha value is -0.620. The molecular weight excluding hydrogens is 296 g/mol. The number of ether oxygens (including phenoxy) is 2. The van der Waals surface area contributed by atoms with Crippen molar-refractivity contribution in [2.45, 2.75) is 50.7 Å². The number of rotatable bonds is 8. The minimum Gasteiger partial charge on any atom is -0.461 e. The van der Waals surface area contributed by atoms with Crippen LogP contribution >= 0.6 is 23.5 Å². The van der Waals surface area contributed by atoms with E-state index in [0.29, 0.717) is 4.58 Å². The lowest BCUT2D eigenvalue weighted by Gasteiger charge is -2.18. The highest BCUT2D eigenvalue weighted by molar-refractivity contribution is 8.18. The van der Waals surface area contributed by atoms with Crippen molar-refractivity contribution in [2.75, 3.05) is 12.9 Å². The highest BCUT2D eigenvalue weighted by atomic mass is 32.2. The highest BCUT2D eigenvalue weighted by Gasteiger charge is 2.19. The normalized spacial score (nSPS) is 13.2. The molecule has 0 N–H and O–H groups in total. The predicted molar refractivity (Wildman–Crippen MR) is 85.7 cm³/mol. The summed E-state index contributed by atoms with van der Waals surface area (Å²) < 4.78 is 10.5. The van der Waals surface area contributed by atoms with Gasteiger partial charge in [-0.25, -0.2) is 0 Å². The number of hydrogen-bond acceptors (Lipinski definition) is 6. The van der Waals surface area contributed by atoms with Gasteiger partial charge in [-0.2, -0.15) is 11.8 Å². The third-order valence-corrected chi connectivity index (χ3v) is 4.73. The van der Waals surface area contributed by atoms with Crippen LogP contribution in [0.3, 0.4) is 0 Å². The zero-order valence-corrected chi connectivity index (χ0v) is 14.4. The molecule has 0 rings (SSSR count). The first kappa shape index (κ1) is 19.4. The Balaban J connectivity index is 3.84. The van der Waals surface area contributed by atoms with Gasteiger partial charge < -0.3 is 9.47 Å². The largest absolute Gasteiger partial charge is 0.461 e. The molecule has 0 saturated carbocycles. The van der Waals surface area contributed by atoms with Crippen LogP contribution in [0.4, 0.5) is 0 Å². The lowest BCUT2D eigenvalue weighted by molar-refractivity contribution is -0.161. The Bertz CT molecular complexity index is 331. The topological polar surface area (TPSA) is 52.6 Å². The molecule has 0 aromatic rings. The van der Waals surface area contributed by atoms with E-state index in [1.165, 1.54) is 0 Å². The van der Waals surface area contributed by atoms with Crippen LogP contribution in [0.1, 0.15) is 40.5 Å². The van der Waals surface area contributed by atoms with Gasteiger partial charge in [-0.3, -0.25) is 9.59 Å². The minimum atomic E-state index is -0.582. The molecule has 6 heteroatoms. The second-order valence-electron chi connectivity index (χ2n) is 5.03. The van der Waals surface area contributed by atoms with E-state index in [-0.39, 0.29) is 13.0 Å². The molecule has 20 heavy (non-hydrogen) atoms. The van der Waals surface area contributed by atoms with Crippen LogP contribution in [0, 0.1) is 0 Å². The van der Waals surface area contributed by atoms with E-state index >= 15 is 0 Å². The van der Waals surface area contributed by atoms with E-state index in [0.717, 1.165) is 6.42 Å². The monoisotopic (exact) mass is 320 g/mol. The molecule has 0 radical (unpaired) electrons. The third-order valence-electron chi connectivity index (χ3n) is 1.97. The second kappa shape index (κ2) is 10.2. The molecule has 0 aliphatic heterocycles. The van der Waals surface area contributed by atoms with Gasteiger partial charge in [0.15, 0.2) is 0 Å². The van der Waals surface area contributed by atoms with Crippen molar-refractivity contribution in [1.29, 1.82) is 0 Å². The molecule has 0 aliphatic carbocycles. The Kier molecular flexibility index (Phi) is 9.84. The summed E-state index contributed by atoms with van der Waals surface area (Å²) in [4.78, 5) is 22.8. The molecule has 0 bridgehead atoms. The number of thioether (sulfide) groups is 2. The molecule has 0 saturated heterocycles. The average molecular weight is 320 g/mol. The van der Waals surface area contributed by atoms with Gasteiger partial charge in [0.2, 0.25) is 0 Å². The van der Waals surface area contributed by atoms with Crippen molar-refractivity contribution < 1.29 is 19.1 Å². The van der Waals surface area contributed by atoms with Crippen LogP contribution < -0.4 is 0 Å². The molecule has 116 valence electrons. The lowest BCUT2D eigenvalue weighted by atomic mass is 10.2. The lowest BCUT2D eigenvalue weighted by Crippen LogP contribution is -2.25. The Morgan fingerprint density at radius 1 is 1.25 bits per heavy atom. The first-order valence-electron chi connectivity index (χ1n) is 6.49. The quantitative estimate of drug-likeness (QED) is 0.387. The van der Waals surface area contributed by atoms with Crippen molar-refractivity contribution >= 4 is 35.5 Å². The summed E-state index contributed by atoms with van der Waals surface area (Å²) in [5, 5.41) is 1.92. The van der Waals surface area contributed by atoms with Crippen LogP contribution in [0.15, 0.2) is 11.5 Å². The van der Waals surface area contributed by atoms with E-state index in [1.54, 1.807) is 50.4 Å². The molecular formula is C14H24O4S2. The average Bonchev–Trinajstić information content (AvgIpc) is 2.31. The number of hydrogen-bond donors (Lipinski definition) is 0. The maximum atomic E-state index is 11.4. The summed E-state index contributed by atoms with van der Waals surface area (Å²) in [7, 11) is 0. The summed E-state index contributed by atoms with van der Waals surface area (Å²) in [5.41, 5.74) is -0.582. The van der Waals surface area contributed by atoms with Crippen LogP contribution in [0.5, 0.6) is 0 Å². The summed E-state index contributed by atoms with van der Waals surface area (Å²) in [6.07, 6.45) is 4.57. The van der Waals surface area contributed by atoms with Crippen molar-refractivity contribution in [3.8, 4) is 0 Å². The number of esters is 2. The van der Waals surface area contributed by atoms with Crippen molar-refractivity contribution in [3.05, 3.63) is 11.5 Å². The Morgan fingerprint density at radius 2 is 1.90 bits per heavy atom. The summed E-state index contributed by atoms with van der Waals surface area (Å²) in [6.45, 7) is 7.58. The van der Waals surface area contributed by atoms with Gasteiger partial charge in [-0.05, 0) is 44.9 Å². The van der Waals surface area contributed by atoms with E-state index in [4.69, 9.17) is 9.47 Å².